The van der Waals surface area contributed by atoms with Crippen LogP contribution in [-0.2, 0) is 27.9 Å². The van der Waals surface area contributed by atoms with Crippen LogP contribution in [0.15, 0.2) is 4.99 Å². The predicted molar refractivity (Wildman–Crippen MR) is 126 cm³/mol. The lowest BCUT2D eigenvalue weighted by atomic mass is 9.83. The van der Waals surface area contributed by atoms with Gasteiger partial charge in [-0.25, -0.2) is 0 Å². The molecule has 0 N–H and O–H groups in total. The van der Waals surface area contributed by atoms with Gasteiger partial charge in [0, 0.05) is 20.5 Å². The normalized spacial score (nSPS) is 29.8. The molecule has 2 rings (SSSR count). The first-order valence-corrected chi connectivity index (χ1v) is 14.2. The summed E-state index contributed by atoms with van der Waals surface area (Å²) in [4.78, 5) is 16.0. The fraction of sp³-hybridized carbons (Fsp3) is 0.909. The minimum Gasteiger partial charge on any atom is -0.463 e. The third-order valence-corrected chi connectivity index (χ3v) is 9.31. The number of aliphatic imine (C=N–C) groups is 1. The van der Waals surface area contributed by atoms with Crippen LogP contribution >= 0.6 is 19.4 Å². The third-order valence-electron chi connectivity index (χ3n) is 6.20. The maximum Gasteiger partial charge on any atom is 0.330 e. The molecule has 180 valence electrons. The largest absolute Gasteiger partial charge is 0.463 e. The number of nitrogens with zero attached hydrogens (tertiary/aromatic N) is 1. The summed E-state index contributed by atoms with van der Waals surface area (Å²) in [6, 6.07) is 0.0644. The van der Waals surface area contributed by atoms with Gasteiger partial charge in [-0.2, -0.15) is 0 Å². The first kappa shape index (κ1) is 26.8. The molecule has 0 radical (unpaired) electrons. The average Bonchev–Trinajstić information content (AvgIpc) is 3.16. The predicted octanol–water partition coefficient (Wildman–Crippen LogP) is 5.67. The van der Waals surface area contributed by atoms with Crippen molar-refractivity contribution in [3.63, 3.8) is 0 Å². The smallest absolute Gasteiger partial charge is 0.330 e. The van der Waals surface area contributed by atoms with Gasteiger partial charge in [-0.15, -0.1) is 0 Å². The van der Waals surface area contributed by atoms with Crippen molar-refractivity contribution in [1.82, 2.24) is 0 Å². The summed E-state index contributed by atoms with van der Waals surface area (Å²) in [7, 11) is -1.65. The topological polar surface area (TPSA) is 83.4 Å². The monoisotopic (exact) mass is 477 g/mol. The Hall–Kier alpha value is -0.400. The van der Waals surface area contributed by atoms with Gasteiger partial charge in [0.05, 0.1) is 30.0 Å². The highest BCUT2D eigenvalue weighted by Gasteiger charge is 2.45. The van der Waals surface area contributed by atoms with Crippen LogP contribution in [0, 0.1) is 11.8 Å². The first-order valence-electron chi connectivity index (χ1n) is 11.6. The Balaban J connectivity index is 1.79. The summed E-state index contributed by atoms with van der Waals surface area (Å²) < 4.78 is 35.2. The van der Waals surface area contributed by atoms with E-state index in [2.05, 4.69) is 20.8 Å². The van der Waals surface area contributed by atoms with Gasteiger partial charge in [-0.3, -0.25) is 14.4 Å². The molecule has 2 heterocycles. The zero-order valence-corrected chi connectivity index (χ0v) is 21.4. The van der Waals surface area contributed by atoms with E-state index in [1.165, 1.54) is 39.7 Å². The van der Waals surface area contributed by atoms with Crippen molar-refractivity contribution in [1.29, 1.82) is 0 Å². The standard InChI is InChI=1S/C22H40NO6PS/c1-6-7-8-9-10-11-13-28-30(25,26-5)14-12-20-23-21-17(3)16(2)19(15-27-18(4)24)29-22(21)31-20/h16-17,19,21-22H,6-15H2,1-5H3/t16-,17-,19+,21+,22+,30?/m0/s1. The number of esters is 1. The molecule has 9 heteroatoms. The van der Waals surface area contributed by atoms with Gasteiger partial charge in [0.2, 0.25) is 0 Å². The van der Waals surface area contributed by atoms with Crippen LogP contribution in [0.3, 0.4) is 0 Å². The summed E-state index contributed by atoms with van der Waals surface area (Å²) in [6.45, 7) is 8.63. The third kappa shape index (κ3) is 8.47. The Morgan fingerprint density at radius 3 is 2.55 bits per heavy atom. The van der Waals surface area contributed by atoms with Crippen molar-refractivity contribution in [3.8, 4) is 0 Å². The number of carbonyl (C=O) groups excluding carboxylic acids is 1. The zero-order valence-electron chi connectivity index (χ0n) is 19.7. The fourth-order valence-corrected chi connectivity index (χ4v) is 6.70. The Kier molecular flexibility index (Phi) is 11.6. The number of hydrogen-bond acceptors (Lipinski definition) is 8. The second-order valence-electron chi connectivity index (χ2n) is 8.56. The molecule has 1 unspecified atom stereocenters. The van der Waals surface area contributed by atoms with E-state index in [9.17, 15) is 9.36 Å². The van der Waals surface area contributed by atoms with Gasteiger partial charge in [-0.1, -0.05) is 64.6 Å². The Bertz CT molecular complexity index is 645. The number of fused-ring (bicyclic) bond motifs is 1. The van der Waals surface area contributed by atoms with E-state index < -0.39 is 7.60 Å². The highest BCUT2D eigenvalue weighted by molar-refractivity contribution is 8.14. The van der Waals surface area contributed by atoms with E-state index in [1.54, 1.807) is 11.8 Å². The molecule has 1 fully saturated rings. The molecule has 0 amide bonds. The molecule has 31 heavy (non-hydrogen) atoms. The highest BCUT2D eigenvalue weighted by atomic mass is 32.2. The molecule has 2 aliphatic heterocycles. The van der Waals surface area contributed by atoms with E-state index in [1.807, 2.05) is 0 Å². The number of carbonyl (C=O) groups is 1. The summed E-state index contributed by atoms with van der Waals surface area (Å²) in [6.07, 6.45) is 7.69. The zero-order chi connectivity index (χ0) is 22.9. The lowest BCUT2D eigenvalue weighted by Gasteiger charge is -2.40. The van der Waals surface area contributed by atoms with Crippen LogP contribution in [0.5, 0.6) is 0 Å². The quantitative estimate of drug-likeness (QED) is 0.181. The minimum absolute atomic E-state index is 0.0644. The molecule has 2 aliphatic rings. The van der Waals surface area contributed by atoms with Gasteiger partial charge in [-0.05, 0) is 18.3 Å². The number of hydrogen-bond donors (Lipinski definition) is 0. The fourth-order valence-electron chi connectivity index (χ4n) is 3.92. The van der Waals surface area contributed by atoms with Crippen molar-refractivity contribution in [3.05, 3.63) is 0 Å². The van der Waals surface area contributed by atoms with Crippen molar-refractivity contribution in [2.75, 3.05) is 26.5 Å². The van der Waals surface area contributed by atoms with E-state index in [4.69, 9.17) is 23.5 Å². The molecule has 0 aromatic carbocycles. The summed E-state index contributed by atoms with van der Waals surface area (Å²) in [5, 5.41) is 0.933. The van der Waals surface area contributed by atoms with E-state index in [0.717, 1.165) is 17.9 Å². The molecule has 0 aliphatic carbocycles. The molecular weight excluding hydrogens is 437 g/mol. The second-order valence-corrected chi connectivity index (χ2v) is 12.0. The number of ether oxygens (including phenoxy) is 2. The maximum absolute atomic E-state index is 12.9. The number of unbranched alkanes of at least 4 members (excludes halogenated alkanes) is 5. The summed E-state index contributed by atoms with van der Waals surface area (Å²) in [5.41, 5.74) is -0.0901. The minimum atomic E-state index is -3.11. The Labute approximate surface area is 191 Å². The second kappa shape index (κ2) is 13.3. The van der Waals surface area contributed by atoms with Crippen molar-refractivity contribution in [2.24, 2.45) is 16.8 Å². The highest BCUT2D eigenvalue weighted by Crippen LogP contribution is 2.50. The van der Waals surface area contributed by atoms with Gasteiger partial charge < -0.3 is 18.5 Å². The van der Waals surface area contributed by atoms with Crippen LogP contribution in [0.4, 0.5) is 0 Å². The van der Waals surface area contributed by atoms with Crippen molar-refractivity contribution < 1.29 is 27.9 Å². The molecule has 0 saturated carbocycles. The van der Waals surface area contributed by atoms with Crippen molar-refractivity contribution >= 4 is 30.4 Å². The van der Waals surface area contributed by atoms with Gasteiger partial charge >= 0.3 is 13.6 Å². The molecule has 0 spiro atoms. The Morgan fingerprint density at radius 2 is 1.87 bits per heavy atom. The molecular formula is C22H40NO6PS. The van der Waals surface area contributed by atoms with E-state index in [-0.39, 0.29) is 36.1 Å². The summed E-state index contributed by atoms with van der Waals surface area (Å²) in [5.74, 6) is 0.246. The van der Waals surface area contributed by atoms with E-state index >= 15 is 0 Å². The van der Waals surface area contributed by atoms with Crippen LogP contribution in [0.1, 0.15) is 72.6 Å². The van der Waals surface area contributed by atoms with Crippen LogP contribution < -0.4 is 0 Å². The average molecular weight is 478 g/mol. The lowest BCUT2D eigenvalue weighted by molar-refractivity contribution is -0.152. The molecule has 0 aromatic heterocycles. The van der Waals surface area contributed by atoms with Gasteiger partial charge in [0.1, 0.15) is 12.0 Å². The van der Waals surface area contributed by atoms with Crippen LogP contribution in [-0.4, -0.2) is 55.1 Å². The summed E-state index contributed by atoms with van der Waals surface area (Å²) >= 11 is 1.58. The molecule has 0 aromatic rings. The SMILES string of the molecule is CCCCCCCCOP(=O)(CCC1=N[C@@H]2[C@@H](C)[C@H](C)[C@@H](COC(C)=O)O[C@@H]2S1)OC. The lowest BCUT2D eigenvalue weighted by Crippen LogP contribution is -2.47. The van der Waals surface area contributed by atoms with Gasteiger partial charge in [0.15, 0.2) is 0 Å². The van der Waals surface area contributed by atoms with Crippen LogP contribution in [0.2, 0.25) is 0 Å². The van der Waals surface area contributed by atoms with E-state index in [0.29, 0.717) is 25.1 Å². The molecule has 0 bridgehead atoms. The molecule has 6 atom stereocenters. The maximum atomic E-state index is 12.9. The van der Waals surface area contributed by atoms with Crippen LogP contribution in [0.25, 0.3) is 0 Å². The Morgan fingerprint density at radius 1 is 1.16 bits per heavy atom. The number of thioether (sulfide) groups is 1. The first-order chi connectivity index (χ1) is 14.8. The van der Waals surface area contributed by atoms with Crippen molar-refractivity contribution in [2.45, 2.75) is 90.2 Å². The van der Waals surface area contributed by atoms with Gasteiger partial charge in [0.25, 0.3) is 0 Å². The number of rotatable bonds is 14. The molecule has 1 saturated heterocycles. The molecule has 7 nitrogen and oxygen atoms in total.